The Morgan fingerprint density at radius 1 is 1.17 bits per heavy atom. The molecule has 0 amide bonds. The molecule has 2 heterocycles. The van der Waals surface area contributed by atoms with Crippen LogP contribution in [0.1, 0.15) is 62.8 Å². The van der Waals surface area contributed by atoms with Crippen molar-refractivity contribution < 1.29 is 23.8 Å². The summed E-state index contributed by atoms with van der Waals surface area (Å²) in [7, 11) is 0. The number of nitrogens with zero attached hydrogens (tertiary/aromatic N) is 1. The Morgan fingerprint density at radius 2 is 1.94 bits per heavy atom. The zero-order valence-corrected chi connectivity index (χ0v) is 20.7. The third kappa shape index (κ3) is 3.90. The van der Waals surface area contributed by atoms with Crippen molar-refractivity contribution in [1.29, 1.82) is 0 Å². The molecule has 5 nitrogen and oxygen atoms in total. The molecule has 3 unspecified atom stereocenters. The summed E-state index contributed by atoms with van der Waals surface area (Å²) in [5, 5.41) is 11.2. The molecule has 1 N–H and O–H groups in total. The maximum Gasteiger partial charge on any atom is 0.337 e. The number of fused-ring (bicyclic) bond motifs is 1. The van der Waals surface area contributed by atoms with Crippen LogP contribution in [0.2, 0.25) is 0 Å². The minimum atomic E-state index is -1.24. The summed E-state index contributed by atoms with van der Waals surface area (Å²) >= 11 is 0. The second kappa shape index (κ2) is 8.45. The van der Waals surface area contributed by atoms with Crippen LogP contribution in [0, 0.1) is 11.7 Å². The molecular formula is C29H30FNO4. The van der Waals surface area contributed by atoms with E-state index >= 15 is 4.39 Å². The molecule has 0 saturated carbocycles. The molecule has 0 spiro atoms. The normalized spacial score (nSPS) is 20.4. The van der Waals surface area contributed by atoms with Crippen LogP contribution in [0.15, 0.2) is 48.2 Å². The highest BCUT2D eigenvalue weighted by atomic mass is 19.1. The number of halogens is 1. The smallest absolute Gasteiger partial charge is 0.337 e. The molecule has 1 aliphatic heterocycles. The molecule has 0 bridgehead atoms. The van der Waals surface area contributed by atoms with Gasteiger partial charge in [0.05, 0.1) is 17.7 Å². The number of ether oxygens (including phenoxy) is 2. The fourth-order valence-corrected chi connectivity index (χ4v) is 5.46. The molecule has 2 aromatic carbocycles. The first-order valence-corrected chi connectivity index (χ1v) is 12.1. The van der Waals surface area contributed by atoms with E-state index in [9.17, 15) is 9.90 Å². The predicted molar refractivity (Wildman–Crippen MR) is 133 cm³/mol. The van der Waals surface area contributed by atoms with Crippen LogP contribution in [0.25, 0.3) is 16.5 Å². The number of carboxylic acids is 1. The summed E-state index contributed by atoms with van der Waals surface area (Å²) in [5.74, 6) is -1.03. The number of pyridine rings is 1. The average Bonchev–Trinajstić information content (AvgIpc) is 2.80. The zero-order valence-electron chi connectivity index (χ0n) is 20.7. The highest BCUT2D eigenvalue weighted by Gasteiger charge is 2.41. The van der Waals surface area contributed by atoms with Crippen LogP contribution >= 0.6 is 0 Å². The summed E-state index contributed by atoms with van der Waals surface area (Å²) in [6.45, 7) is 10.1. The van der Waals surface area contributed by atoms with E-state index in [-0.39, 0.29) is 17.7 Å². The van der Waals surface area contributed by atoms with Crippen molar-refractivity contribution in [3.05, 3.63) is 76.2 Å². The van der Waals surface area contributed by atoms with Crippen LogP contribution in [0.4, 0.5) is 4.39 Å². The van der Waals surface area contributed by atoms with Gasteiger partial charge in [-0.15, -0.1) is 0 Å². The first-order valence-electron chi connectivity index (χ1n) is 12.1. The van der Waals surface area contributed by atoms with Crippen molar-refractivity contribution in [2.24, 2.45) is 5.92 Å². The number of carbonyl (C=O) groups is 1. The summed E-state index contributed by atoms with van der Waals surface area (Å²) in [5.41, 5.74) is 4.18. The number of carboxylic acid groups (broad SMARTS) is 1. The molecule has 3 atom stereocenters. The lowest BCUT2D eigenvalue weighted by Gasteiger charge is -2.38. The van der Waals surface area contributed by atoms with E-state index in [0.29, 0.717) is 34.4 Å². The number of aliphatic carboxylic acids is 1. The van der Waals surface area contributed by atoms with Gasteiger partial charge in [0.25, 0.3) is 0 Å². The summed E-state index contributed by atoms with van der Waals surface area (Å²) < 4.78 is 27.7. The molecule has 35 heavy (non-hydrogen) atoms. The van der Waals surface area contributed by atoms with Crippen LogP contribution in [0.3, 0.4) is 0 Å². The van der Waals surface area contributed by atoms with Gasteiger partial charge in [0, 0.05) is 29.1 Å². The van der Waals surface area contributed by atoms with Gasteiger partial charge in [-0.2, -0.15) is 0 Å². The predicted octanol–water partition coefficient (Wildman–Crippen LogP) is 6.13. The molecule has 182 valence electrons. The molecule has 3 aromatic rings. The first kappa shape index (κ1) is 23.5. The Kier molecular flexibility index (Phi) is 5.67. The number of rotatable bonds is 4. The monoisotopic (exact) mass is 475 g/mol. The van der Waals surface area contributed by atoms with E-state index in [1.54, 1.807) is 12.3 Å². The largest absolute Gasteiger partial charge is 0.493 e. The summed E-state index contributed by atoms with van der Waals surface area (Å²) in [4.78, 5) is 17.3. The van der Waals surface area contributed by atoms with Gasteiger partial charge in [0.15, 0.2) is 6.10 Å². The molecule has 0 radical (unpaired) electrons. The van der Waals surface area contributed by atoms with E-state index in [1.165, 1.54) is 6.07 Å². The van der Waals surface area contributed by atoms with Gasteiger partial charge in [0.2, 0.25) is 0 Å². The first-order chi connectivity index (χ1) is 16.6. The molecule has 0 saturated heterocycles. The van der Waals surface area contributed by atoms with Gasteiger partial charge in [-0.1, -0.05) is 26.0 Å². The maximum atomic E-state index is 15.7. The Bertz CT molecular complexity index is 1360. The second-order valence-electron chi connectivity index (χ2n) is 10.5. The van der Waals surface area contributed by atoms with Gasteiger partial charge < -0.3 is 14.6 Å². The van der Waals surface area contributed by atoms with E-state index in [1.807, 2.05) is 58.9 Å². The van der Waals surface area contributed by atoms with E-state index in [4.69, 9.17) is 14.5 Å². The number of benzene rings is 2. The SMILES string of the molecule is CC1C(C(OC(C)(C)C)C(=O)O)=C(c2ccc3c4c(ccnc24)CCO3)c2c(F)cccc2C1C. The molecule has 1 aromatic heterocycles. The van der Waals surface area contributed by atoms with Gasteiger partial charge in [-0.25, -0.2) is 9.18 Å². The number of hydrogen-bond acceptors (Lipinski definition) is 4. The lowest BCUT2D eigenvalue weighted by Crippen LogP contribution is -2.39. The van der Waals surface area contributed by atoms with E-state index in [2.05, 4.69) is 0 Å². The van der Waals surface area contributed by atoms with Crippen molar-refractivity contribution in [2.75, 3.05) is 6.61 Å². The molecule has 6 heteroatoms. The standard InChI is InChI=1S/C29H30FNO4/c1-15-16(2)22(27(28(32)33)35-29(3,4)5)25(24-18(15)7-6-8-20(24)30)19-9-10-21-23-17(12-14-34-21)11-13-31-26(19)23/h6-11,13,15-16,27H,12,14H2,1-5H3,(H,32,33). The second-order valence-corrected chi connectivity index (χ2v) is 10.5. The van der Waals surface area contributed by atoms with Crippen LogP contribution in [-0.4, -0.2) is 34.4 Å². The summed E-state index contributed by atoms with van der Waals surface area (Å²) in [6, 6.07) is 10.8. The van der Waals surface area contributed by atoms with Crippen LogP contribution in [-0.2, 0) is 16.0 Å². The van der Waals surface area contributed by atoms with Gasteiger partial charge in [0.1, 0.15) is 11.6 Å². The van der Waals surface area contributed by atoms with Crippen molar-refractivity contribution in [2.45, 2.75) is 58.7 Å². The quantitative estimate of drug-likeness (QED) is 0.491. The third-order valence-corrected chi connectivity index (χ3v) is 7.13. The van der Waals surface area contributed by atoms with Crippen molar-refractivity contribution in [1.82, 2.24) is 4.98 Å². The molecular weight excluding hydrogens is 445 g/mol. The maximum absolute atomic E-state index is 15.7. The Morgan fingerprint density at radius 3 is 2.66 bits per heavy atom. The van der Waals surface area contributed by atoms with Crippen LogP contribution in [0.5, 0.6) is 5.75 Å². The Balaban J connectivity index is 1.91. The topological polar surface area (TPSA) is 68.7 Å². The summed E-state index contributed by atoms with van der Waals surface area (Å²) in [6.07, 6.45) is 1.27. The molecule has 0 fully saturated rings. The Hall–Kier alpha value is -3.25. The van der Waals surface area contributed by atoms with E-state index < -0.39 is 17.7 Å². The molecule has 2 aliphatic rings. The minimum Gasteiger partial charge on any atom is -0.493 e. The zero-order chi connectivity index (χ0) is 25.1. The number of hydrogen-bond donors (Lipinski definition) is 1. The highest BCUT2D eigenvalue weighted by molar-refractivity contribution is 6.03. The van der Waals surface area contributed by atoms with Gasteiger partial charge in [-0.3, -0.25) is 4.98 Å². The lowest BCUT2D eigenvalue weighted by atomic mass is 9.69. The lowest BCUT2D eigenvalue weighted by molar-refractivity contribution is -0.156. The molecule has 1 aliphatic carbocycles. The Labute approximate surface area is 204 Å². The van der Waals surface area contributed by atoms with E-state index in [0.717, 1.165) is 28.7 Å². The van der Waals surface area contributed by atoms with Crippen molar-refractivity contribution in [3.8, 4) is 5.75 Å². The molecule has 5 rings (SSSR count). The minimum absolute atomic E-state index is 0.0962. The highest BCUT2D eigenvalue weighted by Crippen LogP contribution is 2.50. The third-order valence-electron chi connectivity index (χ3n) is 7.13. The van der Waals surface area contributed by atoms with Gasteiger partial charge >= 0.3 is 5.97 Å². The number of aromatic nitrogens is 1. The average molecular weight is 476 g/mol. The fraction of sp³-hybridized carbons (Fsp3) is 0.379. The van der Waals surface area contributed by atoms with Crippen molar-refractivity contribution >= 4 is 22.4 Å². The fourth-order valence-electron chi connectivity index (χ4n) is 5.46. The van der Waals surface area contributed by atoms with Crippen molar-refractivity contribution in [3.63, 3.8) is 0 Å². The van der Waals surface area contributed by atoms with Gasteiger partial charge in [-0.05, 0) is 79.1 Å². The van der Waals surface area contributed by atoms with Crippen LogP contribution < -0.4 is 4.74 Å².